The molecule has 0 radical (unpaired) electrons. The number of hydrogen-bond donors (Lipinski definition) is 0. The molecule has 1 fully saturated rings. The lowest BCUT2D eigenvalue weighted by atomic mass is 10.0. The predicted octanol–water partition coefficient (Wildman–Crippen LogP) is 4.72. The summed E-state index contributed by atoms with van der Waals surface area (Å²) in [7, 11) is 2.04. The monoisotopic (exact) mass is 439 g/mol. The highest BCUT2D eigenvalue weighted by atomic mass is 19.4. The van der Waals surface area contributed by atoms with Gasteiger partial charge in [0.15, 0.2) is 0 Å². The molecule has 1 saturated heterocycles. The fourth-order valence-electron chi connectivity index (χ4n) is 3.91. The highest BCUT2D eigenvalue weighted by molar-refractivity contribution is 5.99. The van der Waals surface area contributed by atoms with Crippen LogP contribution < -0.4 is 4.90 Å². The van der Waals surface area contributed by atoms with Crippen LogP contribution in [0.4, 0.5) is 18.9 Å². The second-order valence-corrected chi connectivity index (χ2v) is 7.82. The van der Waals surface area contributed by atoms with Crippen molar-refractivity contribution in [2.75, 3.05) is 38.1 Å². The summed E-state index contributed by atoms with van der Waals surface area (Å²) in [5, 5.41) is 9.02. The molecule has 2 aromatic carbocycles. The molecule has 2 aromatic heterocycles. The molecule has 0 N–H and O–H groups in total. The van der Waals surface area contributed by atoms with Crippen molar-refractivity contribution in [3.63, 3.8) is 0 Å². The van der Waals surface area contributed by atoms with E-state index in [1.165, 1.54) is 12.3 Å². The minimum atomic E-state index is -4.43. The van der Waals surface area contributed by atoms with Gasteiger partial charge < -0.3 is 14.2 Å². The molecule has 3 heterocycles. The molecular formula is C23H20F3N5O. The Kier molecular flexibility index (Phi) is 5.05. The quantitative estimate of drug-likeness (QED) is 0.460. The Hall–Kier alpha value is -3.46. The van der Waals surface area contributed by atoms with Gasteiger partial charge in [0.25, 0.3) is 5.89 Å². The van der Waals surface area contributed by atoms with Crippen LogP contribution in [0.5, 0.6) is 0 Å². The maximum absolute atomic E-state index is 13.2. The molecule has 164 valence electrons. The van der Waals surface area contributed by atoms with Gasteiger partial charge >= 0.3 is 6.18 Å². The lowest BCUT2D eigenvalue weighted by Crippen LogP contribution is -2.44. The van der Waals surface area contributed by atoms with E-state index in [1.54, 1.807) is 0 Å². The molecule has 0 amide bonds. The summed E-state index contributed by atoms with van der Waals surface area (Å²) < 4.78 is 45.7. The molecule has 1 aliphatic rings. The first-order chi connectivity index (χ1) is 15.4. The molecule has 1 aliphatic heterocycles. The van der Waals surface area contributed by atoms with E-state index in [9.17, 15) is 13.2 Å². The number of likely N-dealkylation sites (N-methyl/N-ethyl adjacent to an activating group) is 1. The molecule has 0 saturated carbocycles. The number of hydrogen-bond acceptors (Lipinski definition) is 6. The third-order valence-electron chi connectivity index (χ3n) is 5.66. The van der Waals surface area contributed by atoms with Crippen molar-refractivity contribution in [1.82, 2.24) is 20.1 Å². The standard InChI is InChI=1S/C23H20F3N5O/c1-30-9-11-31(12-10-30)20-17-8-7-16(23(24,25)26)13-19(17)27-14-18(20)22-29-28-21(32-22)15-5-3-2-4-6-15/h2-8,13-14H,9-12H2,1H3. The van der Waals surface area contributed by atoms with E-state index in [0.29, 0.717) is 16.8 Å². The van der Waals surface area contributed by atoms with E-state index in [1.807, 2.05) is 37.4 Å². The van der Waals surface area contributed by atoms with E-state index in [-0.39, 0.29) is 11.4 Å². The molecule has 0 unspecified atom stereocenters. The van der Waals surface area contributed by atoms with E-state index < -0.39 is 11.7 Å². The molecule has 32 heavy (non-hydrogen) atoms. The zero-order valence-electron chi connectivity index (χ0n) is 17.3. The number of pyridine rings is 1. The van der Waals surface area contributed by atoms with Crippen LogP contribution in [-0.4, -0.2) is 53.3 Å². The first-order valence-corrected chi connectivity index (χ1v) is 10.2. The minimum absolute atomic E-state index is 0.278. The van der Waals surface area contributed by atoms with Crippen LogP contribution in [0.15, 0.2) is 59.1 Å². The topological polar surface area (TPSA) is 58.3 Å². The van der Waals surface area contributed by atoms with Gasteiger partial charge in [-0.25, -0.2) is 0 Å². The first kappa shape index (κ1) is 20.4. The van der Waals surface area contributed by atoms with Gasteiger partial charge in [-0.3, -0.25) is 4.98 Å². The van der Waals surface area contributed by atoms with E-state index >= 15 is 0 Å². The summed E-state index contributed by atoms with van der Waals surface area (Å²) in [5.41, 5.74) is 1.71. The van der Waals surface area contributed by atoms with Gasteiger partial charge in [-0.05, 0) is 31.3 Å². The summed E-state index contributed by atoms with van der Waals surface area (Å²) >= 11 is 0. The van der Waals surface area contributed by atoms with E-state index in [4.69, 9.17) is 4.42 Å². The zero-order valence-corrected chi connectivity index (χ0v) is 17.3. The third-order valence-corrected chi connectivity index (χ3v) is 5.66. The minimum Gasteiger partial charge on any atom is -0.416 e. The molecule has 4 aromatic rings. The maximum atomic E-state index is 13.2. The van der Waals surface area contributed by atoms with Gasteiger partial charge in [0.05, 0.1) is 22.3 Å². The van der Waals surface area contributed by atoms with Crippen molar-refractivity contribution >= 4 is 16.6 Å². The number of benzene rings is 2. The van der Waals surface area contributed by atoms with Gasteiger partial charge in [-0.15, -0.1) is 10.2 Å². The Balaban J connectivity index is 1.65. The van der Waals surface area contributed by atoms with Crippen LogP contribution in [-0.2, 0) is 6.18 Å². The summed E-state index contributed by atoms with van der Waals surface area (Å²) in [6.07, 6.45) is -2.90. The molecule has 9 heteroatoms. The molecule has 0 bridgehead atoms. The number of halogens is 3. The van der Waals surface area contributed by atoms with Gasteiger partial charge in [-0.1, -0.05) is 24.3 Å². The molecule has 5 rings (SSSR count). The normalized spacial score (nSPS) is 15.4. The molecule has 0 spiro atoms. The fraction of sp³-hybridized carbons (Fsp3) is 0.261. The summed E-state index contributed by atoms with van der Waals surface area (Å²) in [6, 6.07) is 13.1. The second-order valence-electron chi connectivity index (χ2n) is 7.82. The Morgan fingerprint density at radius 3 is 2.34 bits per heavy atom. The Morgan fingerprint density at radius 2 is 1.62 bits per heavy atom. The average Bonchev–Trinajstić information content (AvgIpc) is 3.29. The lowest BCUT2D eigenvalue weighted by Gasteiger charge is -2.35. The highest BCUT2D eigenvalue weighted by Crippen LogP contribution is 2.39. The summed E-state index contributed by atoms with van der Waals surface area (Å²) in [5.74, 6) is 0.657. The Labute approximate surface area is 182 Å². The maximum Gasteiger partial charge on any atom is 0.416 e. The molecule has 6 nitrogen and oxygen atoms in total. The number of piperazine rings is 1. The van der Waals surface area contributed by atoms with Crippen molar-refractivity contribution < 1.29 is 17.6 Å². The van der Waals surface area contributed by atoms with Gasteiger partial charge in [-0.2, -0.15) is 13.2 Å². The zero-order chi connectivity index (χ0) is 22.3. The summed E-state index contributed by atoms with van der Waals surface area (Å²) in [4.78, 5) is 8.68. The van der Waals surface area contributed by atoms with Gasteiger partial charge in [0.2, 0.25) is 5.89 Å². The third kappa shape index (κ3) is 3.80. The van der Waals surface area contributed by atoms with Crippen LogP contribution in [0.25, 0.3) is 33.8 Å². The number of nitrogens with zero attached hydrogens (tertiary/aromatic N) is 5. The van der Waals surface area contributed by atoms with Crippen molar-refractivity contribution in [2.24, 2.45) is 0 Å². The predicted molar refractivity (Wildman–Crippen MR) is 115 cm³/mol. The molecular weight excluding hydrogens is 419 g/mol. The van der Waals surface area contributed by atoms with Crippen LogP contribution in [0.3, 0.4) is 0 Å². The van der Waals surface area contributed by atoms with Crippen LogP contribution in [0, 0.1) is 0 Å². The van der Waals surface area contributed by atoms with Crippen LogP contribution >= 0.6 is 0 Å². The first-order valence-electron chi connectivity index (χ1n) is 10.2. The van der Waals surface area contributed by atoms with E-state index in [2.05, 4.69) is 25.0 Å². The van der Waals surface area contributed by atoms with Crippen molar-refractivity contribution in [2.45, 2.75) is 6.18 Å². The number of rotatable bonds is 3. The van der Waals surface area contributed by atoms with E-state index in [0.717, 1.165) is 49.6 Å². The Morgan fingerprint density at radius 1 is 0.906 bits per heavy atom. The fourth-order valence-corrected chi connectivity index (χ4v) is 3.91. The van der Waals surface area contributed by atoms with Crippen molar-refractivity contribution in [1.29, 1.82) is 0 Å². The van der Waals surface area contributed by atoms with Gasteiger partial charge in [0, 0.05) is 43.3 Å². The lowest BCUT2D eigenvalue weighted by molar-refractivity contribution is -0.137. The van der Waals surface area contributed by atoms with Crippen molar-refractivity contribution in [3.8, 4) is 22.9 Å². The second kappa shape index (κ2) is 7.90. The largest absolute Gasteiger partial charge is 0.416 e. The summed E-state index contributed by atoms with van der Waals surface area (Å²) in [6.45, 7) is 3.12. The number of aromatic nitrogens is 3. The van der Waals surface area contributed by atoms with Crippen molar-refractivity contribution in [3.05, 3.63) is 60.3 Å². The van der Waals surface area contributed by atoms with Crippen LogP contribution in [0.1, 0.15) is 5.56 Å². The van der Waals surface area contributed by atoms with Crippen LogP contribution in [0.2, 0.25) is 0 Å². The molecule has 0 atom stereocenters. The molecule has 0 aliphatic carbocycles. The smallest absolute Gasteiger partial charge is 0.416 e. The Bertz CT molecular complexity index is 1250. The number of alkyl halides is 3. The number of fused-ring (bicyclic) bond motifs is 1. The highest BCUT2D eigenvalue weighted by Gasteiger charge is 2.31. The SMILES string of the molecule is CN1CCN(c2c(-c3nnc(-c4ccccc4)o3)cnc3cc(C(F)(F)F)ccc23)CC1. The van der Waals surface area contributed by atoms with Gasteiger partial charge in [0.1, 0.15) is 0 Å². The number of anilines is 1. The average molecular weight is 439 g/mol.